The van der Waals surface area contributed by atoms with Gasteiger partial charge in [-0.15, -0.1) is 10.2 Å². The zero-order chi connectivity index (χ0) is 25.9. The van der Waals surface area contributed by atoms with E-state index in [0.717, 1.165) is 24.1 Å². The zero-order valence-electron chi connectivity index (χ0n) is 21.2. The number of carbonyl (C=O) groups is 2. The minimum absolute atomic E-state index is 0.0270. The second-order valence-corrected chi connectivity index (χ2v) is 10.3. The number of amides is 2. The van der Waals surface area contributed by atoms with E-state index in [4.69, 9.17) is 5.73 Å². The van der Waals surface area contributed by atoms with E-state index in [2.05, 4.69) is 46.6 Å². The number of nitrogens with zero attached hydrogens (tertiary/aromatic N) is 4. The highest BCUT2D eigenvalue weighted by Crippen LogP contribution is 2.24. The first kappa shape index (κ1) is 25.1. The van der Waals surface area contributed by atoms with Gasteiger partial charge in [0.2, 0.25) is 5.95 Å². The molecule has 0 saturated carbocycles. The van der Waals surface area contributed by atoms with Crippen LogP contribution in [0.5, 0.6) is 0 Å². The summed E-state index contributed by atoms with van der Waals surface area (Å²) in [6, 6.07) is 15.4. The maximum atomic E-state index is 12.9. The number of aromatic nitrogens is 3. The fraction of sp³-hybridized carbons (Fsp3) is 0.370. The Hall–Kier alpha value is -4.01. The summed E-state index contributed by atoms with van der Waals surface area (Å²) in [5.41, 5.74) is 9.16. The van der Waals surface area contributed by atoms with Gasteiger partial charge < -0.3 is 21.3 Å². The average molecular weight is 488 g/mol. The lowest BCUT2D eigenvalue weighted by molar-refractivity contribution is 0.0931. The van der Waals surface area contributed by atoms with Crippen LogP contribution in [0.1, 0.15) is 65.6 Å². The Morgan fingerprint density at radius 1 is 1.08 bits per heavy atom. The van der Waals surface area contributed by atoms with Crippen molar-refractivity contribution in [2.45, 2.75) is 52.0 Å². The number of piperidine rings is 1. The van der Waals surface area contributed by atoms with Crippen molar-refractivity contribution in [3.8, 4) is 0 Å². The monoisotopic (exact) mass is 487 g/mol. The summed E-state index contributed by atoms with van der Waals surface area (Å²) in [5.74, 6) is -0.183. The number of aryl methyl sites for hydroxylation is 1. The largest absolute Gasteiger partial charge is 0.364 e. The van der Waals surface area contributed by atoms with Gasteiger partial charge in [-0.1, -0.05) is 45.0 Å². The highest BCUT2D eigenvalue weighted by Gasteiger charge is 2.26. The van der Waals surface area contributed by atoms with E-state index >= 15 is 0 Å². The first-order valence-corrected chi connectivity index (χ1v) is 12.1. The van der Waals surface area contributed by atoms with Gasteiger partial charge in [0.05, 0.1) is 0 Å². The van der Waals surface area contributed by atoms with Crippen molar-refractivity contribution in [2.24, 2.45) is 5.73 Å². The summed E-state index contributed by atoms with van der Waals surface area (Å²) in [6.45, 7) is 9.67. The van der Waals surface area contributed by atoms with E-state index in [1.165, 1.54) is 5.56 Å². The lowest BCUT2D eigenvalue weighted by Crippen LogP contribution is -2.48. The zero-order valence-corrected chi connectivity index (χ0v) is 21.2. The van der Waals surface area contributed by atoms with E-state index in [1.807, 2.05) is 60.4 Å². The molecular weight excluding hydrogens is 454 g/mol. The maximum absolute atomic E-state index is 12.9. The highest BCUT2D eigenvalue weighted by molar-refractivity contribution is 5.96. The molecule has 1 aromatic heterocycles. The minimum atomic E-state index is -0.710. The van der Waals surface area contributed by atoms with Gasteiger partial charge in [-0.3, -0.25) is 9.59 Å². The van der Waals surface area contributed by atoms with Crippen molar-refractivity contribution >= 4 is 29.3 Å². The molecule has 2 aromatic carbocycles. The Morgan fingerprint density at radius 3 is 2.50 bits per heavy atom. The van der Waals surface area contributed by atoms with E-state index in [0.29, 0.717) is 24.6 Å². The molecule has 2 amide bonds. The third kappa shape index (κ3) is 5.97. The number of hydrogen-bond acceptors (Lipinski definition) is 7. The van der Waals surface area contributed by atoms with Gasteiger partial charge in [0.1, 0.15) is 0 Å². The number of rotatable bonds is 6. The molecule has 2 heterocycles. The van der Waals surface area contributed by atoms with Crippen molar-refractivity contribution in [2.75, 3.05) is 23.3 Å². The van der Waals surface area contributed by atoms with Gasteiger partial charge in [-0.2, -0.15) is 4.98 Å². The van der Waals surface area contributed by atoms with Crippen molar-refractivity contribution in [3.63, 3.8) is 0 Å². The van der Waals surface area contributed by atoms with Gasteiger partial charge in [-0.05, 0) is 60.6 Å². The smallest absolute Gasteiger partial charge is 0.273 e. The lowest BCUT2D eigenvalue weighted by atomic mass is 9.86. The number of anilines is 3. The SMILES string of the molecule is Cc1cccc(Nc2nc(N3CCC[C@@H](NC(=O)c4ccc(C(C)(C)C)cc4)C3)nnc2C(N)=O)c1. The second kappa shape index (κ2) is 10.3. The second-order valence-electron chi connectivity index (χ2n) is 10.3. The molecule has 0 unspecified atom stereocenters. The third-order valence-corrected chi connectivity index (χ3v) is 6.24. The van der Waals surface area contributed by atoms with Gasteiger partial charge >= 0.3 is 0 Å². The number of nitrogens with two attached hydrogens (primary N) is 1. The van der Waals surface area contributed by atoms with E-state index in [1.54, 1.807) is 0 Å². The summed E-state index contributed by atoms with van der Waals surface area (Å²) >= 11 is 0. The summed E-state index contributed by atoms with van der Waals surface area (Å²) in [5, 5.41) is 14.5. The standard InChI is InChI=1S/C27H33N7O2/c1-17-7-5-8-20(15-17)29-24-22(23(28)35)32-33-26(31-24)34-14-6-9-21(16-34)30-25(36)18-10-12-19(13-11-18)27(2,3)4/h5,7-8,10-13,15,21H,6,9,14,16H2,1-4H3,(H2,28,35)(H,30,36)(H,29,31,33)/t21-/m1/s1. The van der Waals surface area contributed by atoms with E-state index < -0.39 is 5.91 Å². The predicted octanol–water partition coefficient (Wildman–Crippen LogP) is 3.72. The number of benzene rings is 2. The van der Waals surface area contributed by atoms with Crippen LogP contribution >= 0.6 is 0 Å². The normalized spacial score (nSPS) is 15.9. The molecule has 1 fully saturated rings. The molecule has 0 bridgehead atoms. The Balaban J connectivity index is 1.48. The molecule has 9 heteroatoms. The van der Waals surface area contributed by atoms with E-state index in [9.17, 15) is 9.59 Å². The third-order valence-electron chi connectivity index (χ3n) is 6.24. The number of hydrogen-bond donors (Lipinski definition) is 3. The molecule has 0 spiro atoms. The van der Waals surface area contributed by atoms with Crippen molar-refractivity contribution < 1.29 is 9.59 Å². The molecule has 0 radical (unpaired) electrons. The molecule has 188 valence electrons. The van der Waals surface area contributed by atoms with Crippen LogP contribution < -0.4 is 21.3 Å². The Labute approximate surface area is 211 Å². The molecule has 3 aromatic rings. The molecular formula is C27H33N7O2. The summed E-state index contributed by atoms with van der Waals surface area (Å²) in [4.78, 5) is 31.4. The van der Waals surface area contributed by atoms with Crippen LogP contribution in [0.4, 0.5) is 17.5 Å². The lowest BCUT2D eigenvalue weighted by Gasteiger charge is -2.33. The van der Waals surface area contributed by atoms with Crippen LogP contribution in [-0.4, -0.2) is 46.1 Å². The topological polar surface area (TPSA) is 126 Å². The Kier molecular flexibility index (Phi) is 7.19. The minimum Gasteiger partial charge on any atom is -0.364 e. The fourth-order valence-electron chi connectivity index (χ4n) is 4.23. The summed E-state index contributed by atoms with van der Waals surface area (Å²) < 4.78 is 0. The summed E-state index contributed by atoms with van der Waals surface area (Å²) in [7, 11) is 0. The number of nitrogens with one attached hydrogen (secondary N) is 2. The van der Waals surface area contributed by atoms with Crippen LogP contribution in [0.15, 0.2) is 48.5 Å². The van der Waals surface area contributed by atoms with Crippen LogP contribution in [0.3, 0.4) is 0 Å². The number of primary amides is 1. The van der Waals surface area contributed by atoms with Crippen LogP contribution in [0, 0.1) is 6.92 Å². The molecule has 1 atom stereocenters. The van der Waals surface area contributed by atoms with Gasteiger partial charge in [0, 0.05) is 30.4 Å². The molecule has 1 saturated heterocycles. The quantitative estimate of drug-likeness (QED) is 0.484. The van der Waals surface area contributed by atoms with Crippen molar-refractivity contribution in [1.29, 1.82) is 0 Å². The molecule has 1 aliphatic rings. The maximum Gasteiger partial charge on any atom is 0.273 e. The molecule has 1 aliphatic heterocycles. The Morgan fingerprint density at radius 2 is 1.83 bits per heavy atom. The average Bonchev–Trinajstić information content (AvgIpc) is 2.83. The molecule has 4 N–H and O–H groups in total. The molecule has 4 rings (SSSR count). The van der Waals surface area contributed by atoms with Crippen LogP contribution in [-0.2, 0) is 5.41 Å². The summed E-state index contributed by atoms with van der Waals surface area (Å²) in [6.07, 6.45) is 1.71. The van der Waals surface area contributed by atoms with Crippen LogP contribution in [0.25, 0.3) is 0 Å². The predicted molar refractivity (Wildman–Crippen MR) is 141 cm³/mol. The molecule has 9 nitrogen and oxygen atoms in total. The Bertz CT molecular complexity index is 1250. The van der Waals surface area contributed by atoms with Gasteiger partial charge in [0.15, 0.2) is 11.5 Å². The first-order valence-electron chi connectivity index (χ1n) is 12.1. The van der Waals surface area contributed by atoms with Crippen LogP contribution in [0.2, 0.25) is 0 Å². The van der Waals surface area contributed by atoms with Gasteiger partial charge in [0.25, 0.3) is 11.8 Å². The highest BCUT2D eigenvalue weighted by atomic mass is 16.2. The van der Waals surface area contributed by atoms with Crippen molar-refractivity contribution in [1.82, 2.24) is 20.5 Å². The molecule has 0 aliphatic carbocycles. The number of carbonyl (C=O) groups excluding carboxylic acids is 2. The molecule has 36 heavy (non-hydrogen) atoms. The van der Waals surface area contributed by atoms with Gasteiger partial charge in [-0.25, -0.2) is 0 Å². The van der Waals surface area contributed by atoms with E-state index in [-0.39, 0.29) is 28.9 Å². The van der Waals surface area contributed by atoms with Crippen molar-refractivity contribution in [3.05, 3.63) is 70.9 Å². The fourth-order valence-corrected chi connectivity index (χ4v) is 4.23. The first-order chi connectivity index (χ1) is 17.1.